The normalized spacial score (nSPS) is 31.8. The molecule has 2 amide bonds. The standard InChI is InChI=1S/C11H21N3O/c1-8-7-10(5-6-12-8)14-11(15)13-9-3-2-4-9/h8-10,12H,2-7H2,1H3,(H2,13,14,15). The van der Waals surface area contributed by atoms with Crippen LogP contribution in [0.2, 0.25) is 0 Å². The largest absolute Gasteiger partial charge is 0.335 e. The van der Waals surface area contributed by atoms with Gasteiger partial charge in [-0.1, -0.05) is 0 Å². The molecule has 1 heterocycles. The minimum Gasteiger partial charge on any atom is -0.335 e. The van der Waals surface area contributed by atoms with Crippen LogP contribution in [0.1, 0.15) is 39.0 Å². The number of hydrogen-bond acceptors (Lipinski definition) is 2. The summed E-state index contributed by atoms with van der Waals surface area (Å²) in [5, 5.41) is 9.44. The van der Waals surface area contributed by atoms with E-state index in [2.05, 4.69) is 22.9 Å². The third-order valence-electron chi connectivity index (χ3n) is 3.40. The number of piperidine rings is 1. The monoisotopic (exact) mass is 211 g/mol. The fourth-order valence-electron chi connectivity index (χ4n) is 2.23. The van der Waals surface area contributed by atoms with Crippen molar-refractivity contribution in [1.82, 2.24) is 16.0 Å². The van der Waals surface area contributed by atoms with Crippen molar-refractivity contribution in [3.63, 3.8) is 0 Å². The lowest BCUT2D eigenvalue weighted by Gasteiger charge is -2.31. The maximum atomic E-state index is 11.6. The SMILES string of the molecule is CC1CC(NC(=O)NC2CCC2)CCN1. The van der Waals surface area contributed by atoms with Crippen molar-refractivity contribution in [2.24, 2.45) is 0 Å². The van der Waals surface area contributed by atoms with Gasteiger partial charge in [0.1, 0.15) is 0 Å². The lowest BCUT2D eigenvalue weighted by molar-refractivity contribution is 0.219. The third kappa shape index (κ3) is 3.09. The molecule has 1 aliphatic carbocycles. The topological polar surface area (TPSA) is 53.2 Å². The van der Waals surface area contributed by atoms with E-state index in [4.69, 9.17) is 0 Å². The van der Waals surface area contributed by atoms with E-state index >= 15 is 0 Å². The second kappa shape index (κ2) is 4.84. The Hall–Kier alpha value is -0.770. The molecule has 4 nitrogen and oxygen atoms in total. The quantitative estimate of drug-likeness (QED) is 0.637. The summed E-state index contributed by atoms with van der Waals surface area (Å²) in [7, 11) is 0. The predicted octanol–water partition coefficient (Wildman–Crippen LogP) is 0.979. The molecule has 2 unspecified atom stereocenters. The minimum absolute atomic E-state index is 0.0267. The molecule has 1 saturated carbocycles. The van der Waals surface area contributed by atoms with E-state index in [1.807, 2.05) is 0 Å². The molecule has 2 aliphatic rings. The summed E-state index contributed by atoms with van der Waals surface area (Å²) in [6.07, 6.45) is 5.64. The summed E-state index contributed by atoms with van der Waals surface area (Å²) in [4.78, 5) is 11.6. The Morgan fingerprint density at radius 3 is 2.53 bits per heavy atom. The first-order chi connectivity index (χ1) is 7.24. The van der Waals surface area contributed by atoms with Crippen molar-refractivity contribution in [2.75, 3.05) is 6.54 Å². The van der Waals surface area contributed by atoms with Crippen LogP contribution in [0, 0.1) is 0 Å². The summed E-state index contributed by atoms with van der Waals surface area (Å²) < 4.78 is 0. The van der Waals surface area contributed by atoms with E-state index in [1.165, 1.54) is 6.42 Å². The number of carbonyl (C=O) groups excluding carboxylic acids is 1. The van der Waals surface area contributed by atoms with Gasteiger partial charge >= 0.3 is 6.03 Å². The van der Waals surface area contributed by atoms with Crippen LogP contribution < -0.4 is 16.0 Å². The number of amides is 2. The van der Waals surface area contributed by atoms with Gasteiger partial charge in [-0.2, -0.15) is 0 Å². The molecule has 1 aliphatic heterocycles. The molecule has 0 aromatic carbocycles. The van der Waals surface area contributed by atoms with Gasteiger partial charge in [0.15, 0.2) is 0 Å². The fraction of sp³-hybridized carbons (Fsp3) is 0.909. The average Bonchev–Trinajstić information content (AvgIpc) is 2.11. The highest BCUT2D eigenvalue weighted by molar-refractivity contribution is 5.74. The summed E-state index contributed by atoms with van der Waals surface area (Å²) in [6, 6.07) is 1.33. The summed E-state index contributed by atoms with van der Waals surface area (Å²) >= 11 is 0. The predicted molar refractivity (Wildman–Crippen MR) is 59.8 cm³/mol. The van der Waals surface area contributed by atoms with Gasteiger partial charge < -0.3 is 16.0 Å². The Kier molecular flexibility index (Phi) is 3.46. The van der Waals surface area contributed by atoms with Gasteiger partial charge in [0.2, 0.25) is 0 Å². The molecule has 3 N–H and O–H groups in total. The first kappa shape index (κ1) is 10.7. The number of urea groups is 1. The zero-order valence-electron chi connectivity index (χ0n) is 9.38. The van der Waals surface area contributed by atoms with Crippen molar-refractivity contribution < 1.29 is 4.79 Å². The van der Waals surface area contributed by atoms with Gasteiger partial charge in [-0.25, -0.2) is 4.79 Å². The van der Waals surface area contributed by atoms with Crippen LogP contribution >= 0.6 is 0 Å². The molecule has 86 valence electrons. The molecule has 4 heteroatoms. The molecule has 1 saturated heterocycles. The lowest BCUT2D eigenvalue weighted by Crippen LogP contribution is -2.52. The Morgan fingerprint density at radius 1 is 1.20 bits per heavy atom. The van der Waals surface area contributed by atoms with Crippen LogP contribution in [0.15, 0.2) is 0 Å². The average molecular weight is 211 g/mol. The molecule has 0 spiro atoms. The fourth-order valence-corrected chi connectivity index (χ4v) is 2.23. The molecule has 2 fully saturated rings. The molecule has 0 radical (unpaired) electrons. The number of rotatable bonds is 2. The van der Waals surface area contributed by atoms with Crippen LogP contribution in [-0.2, 0) is 0 Å². The second-order valence-electron chi connectivity index (χ2n) is 4.82. The Balaban J connectivity index is 1.68. The van der Waals surface area contributed by atoms with Gasteiger partial charge in [0, 0.05) is 18.1 Å². The highest BCUT2D eigenvalue weighted by atomic mass is 16.2. The molecule has 0 aromatic heterocycles. The van der Waals surface area contributed by atoms with E-state index in [9.17, 15) is 4.79 Å². The lowest BCUT2D eigenvalue weighted by atomic mass is 9.93. The van der Waals surface area contributed by atoms with E-state index < -0.39 is 0 Å². The number of nitrogens with one attached hydrogen (secondary N) is 3. The van der Waals surface area contributed by atoms with Crippen molar-refractivity contribution >= 4 is 6.03 Å². The van der Waals surface area contributed by atoms with E-state index in [1.54, 1.807) is 0 Å². The van der Waals surface area contributed by atoms with Gasteiger partial charge in [0.05, 0.1) is 0 Å². The molecule has 0 bridgehead atoms. The van der Waals surface area contributed by atoms with Crippen molar-refractivity contribution in [1.29, 1.82) is 0 Å². The Morgan fingerprint density at radius 2 is 1.93 bits per heavy atom. The van der Waals surface area contributed by atoms with Crippen LogP contribution in [0.4, 0.5) is 4.79 Å². The van der Waals surface area contributed by atoms with Crippen LogP contribution in [0.5, 0.6) is 0 Å². The smallest absolute Gasteiger partial charge is 0.315 e. The number of hydrogen-bond donors (Lipinski definition) is 3. The zero-order chi connectivity index (χ0) is 10.7. The van der Waals surface area contributed by atoms with Crippen molar-refractivity contribution in [3.05, 3.63) is 0 Å². The highest BCUT2D eigenvalue weighted by Gasteiger charge is 2.23. The Bertz CT molecular complexity index is 228. The molecule has 0 aromatic rings. The zero-order valence-corrected chi connectivity index (χ0v) is 9.38. The maximum absolute atomic E-state index is 11.6. The number of carbonyl (C=O) groups is 1. The van der Waals surface area contributed by atoms with Crippen LogP contribution in [0.25, 0.3) is 0 Å². The summed E-state index contributed by atoms with van der Waals surface area (Å²) in [5.74, 6) is 0. The maximum Gasteiger partial charge on any atom is 0.315 e. The van der Waals surface area contributed by atoms with Gasteiger partial charge in [-0.15, -0.1) is 0 Å². The Labute approximate surface area is 91.2 Å². The van der Waals surface area contributed by atoms with E-state index in [0.717, 1.165) is 32.2 Å². The summed E-state index contributed by atoms with van der Waals surface area (Å²) in [5.41, 5.74) is 0. The van der Waals surface area contributed by atoms with Crippen molar-refractivity contribution in [3.8, 4) is 0 Å². The molecule has 2 atom stereocenters. The third-order valence-corrected chi connectivity index (χ3v) is 3.40. The van der Waals surface area contributed by atoms with Crippen LogP contribution in [-0.4, -0.2) is 30.7 Å². The second-order valence-corrected chi connectivity index (χ2v) is 4.82. The van der Waals surface area contributed by atoms with E-state index in [-0.39, 0.29) is 6.03 Å². The molecule has 2 rings (SSSR count). The van der Waals surface area contributed by atoms with Crippen LogP contribution in [0.3, 0.4) is 0 Å². The van der Waals surface area contributed by atoms with E-state index in [0.29, 0.717) is 18.1 Å². The first-order valence-electron chi connectivity index (χ1n) is 6.04. The molecular weight excluding hydrogens is 190 g/mol. The van der Waals surface area contributed by atoms with Gasteiger partial charge in [-0.3, -0.25) is 0 Å². The minimum atomic E-state index is 0.0267. The first-order valence-corrected chi connectivity index (χ1v) is 6.04. The highest BCUT2D eigenvalue weighted by Crippen LogP contribution is 2.17. The molecule has 15 heavy (non-hydrogen) atoms. The summed E-state index contributed by atoms with van der Waals surface area (Å²) in [6.45, 7) is 3.17. The molecular formula is C11H21N3O. The van der Waals surface area contributed by atoms with Gasteiger partial charge in [-0.05, 0) is 45.6 Å². The van der Waals surface area contributed by atoms with Crippen molar-refractivity contribution in [2.45, 2.75) is 57.2 Å². The van der Waals surface area contributed by atoms with Gasteiger partial charge in [0.25, 0.3) is 0 Å².